The summed E-state index contributed by atoms with van der Waals surface area (Å²) >= 11 is 0. The molecule has 0 saturated carbocycles. The van der Waals surface area contributed by atoms with Gasteiger partial charge in [-0.25, -0.2) is 0 Å². The number of nitrogens with two attached hydrogens (primary N) is 2. The monoisotopic (exact) mass is 370 g/mol. The molecule has 144 valence electrons. The van der Waals surface area contributed by atoms with Crippen molar-refractivity contribution in [2.45, 2.75) is 26.7 Å². The van der Waals surface area contributed by atoms with Gasteiger partial charge in [-0.05, 0) is 48.2 Å². The quantitative estimate of drug-likeness (QED) is 0.420. The molecule has 2 rings (SSSR count). The van der Waals surface area contributed by atoms with Gasteiger partial charge < -0.3 is 26.8 Å². The molecule has 0 aromatic heterocycles. The van der Waals surface area contributed by atoms with Gasteiger partial charge in [0.05, 0.1) is 13.2 Å². The van der Waals surface area contributed by atoms with Crippen LogP contribution in [0.1, 0.15) is 25.0 Å². The van der Waals surface area contributed by atoms with E-state index in [4.69, 9.17) is 16.2 Å². The molecule has 7 nitrogen and oxygen atoms in total. The Morgan fingerprint density at radius 2 is 1.22 bits per heavy atom. The van der Waals surface area contributed by atoms with Gasteiger partial charge in [0.15, 0.2) is 0 Å². The van der Waals surface area contributed by atoms with E-state index in [0.717, 1.165) is 11.1 Å². The summed E-state index contributed by atoms with van der Waals surface area (Å²) in [6, 6.07) is 10.9. The van der Waals surface area contributed by atoms with E-state index in [0.29, 0.717) is 48.8 Å². The van der Waals surface area contributed by atoms with Crippen LogP contribution in [0.4, 0.5) is 22.7 Å². The van der Waals surface area contributed by atoms with Crippen LogP contribution in [0.2, 0.25) is 0 Å². The van der Waals surface area contributed by atoms with Gasteiger partial charge in [0.2, 0.25) is 11.8 Å². The largest absolute Gasteiger partial charge is 0.398 e. The molecule has 0 aliphatic carbocycles. The van der Waals surface area contributed by atoms with E-state index in [9.17, 15) is 9.59 Å². The molecule has 2 amide bonds. The van der Waals surface area contributed by atoms with Crippen LogP contribution in [0.25, 0.3) is 0 Å². The van der Waals surface area contributed by atoms with E-state index in [2.05, 4.69) is 10.6 Å². The molecule has 0 fully saturated rings. The van der Waals surface area contributed by atoms with Gasteiger partial charge in [-0.3, -0.25) is 9.59 Å². The smallest absolute Gasteiger partial charge is 0.221 e. The number of carbonyl (C=O) groups is 2. The maximum absolute atomic E-state index is 11.1. The molecular formula is C20H26N4O3. The Kier molecular flexibility index (Phi) is 7.19. The van der Waals surface area contributed by atoms with Gasteiger partial charge in [-0.2, -0.15) is 0 Å². The van der Waals surface area contributed by atoms with Crippen molar-refractivity contribution in [3.63, 3.8) is 0 Å². The van der Waals surface area contributed by atoms with Crippen molar-refractivity contribution in [1.29, 1.82) is 0 Å². The maximum atomic E-state index is 11.1. The van der Waals surface area contributed by atoms with E-state index in [1.165, 1.54) is 13.8 Å². The first-order valence-electron chi connectivity index (χ1n) is 8.75. The summed E-state index contributed by atoms with van der Waals surface area (Å²) in [6.45, 7) is 3.98. The van der Waals surface area contributed by atoms with Crippen molar-refractivity contribution in [3.8, 4) is 0 Å². The number of ether oxygens (including phenoxy) is 1. The number of amides is 2. The molecule has 2 aromatic rings. The first-order valence-corrected chi connectivity index (χ1v) is 8.75. The van der Waals surface area contributed by atoms with Gasteiger partial charge >= 0.3 is 0 Å². The van der Waals surface area contributed by atoms with Crippen LogP contribution in [0.3, 0.4) is 0 Å². The lowest BCUT2D eigenvalue weighted by Crippen LogP contribution is -2.09. The first kappa shape index (κ1) is 20.3. The van der Waals surface area contributed by atoms with E-state index in [-0.39, 0.29) is 11.8 Å². The van der Waals surface area contributed by atoms with Crippen molar-refractivity contribution in [2.24, 2.45) is 0 Å². The molecule has 7 heteroatoms. The minimum absolute atomic E-state index is 0.130. The van der Waals surface area contributed by atoms with E-state index < -0.39 is 0 Å². The Morgan fingerprint density at radius 3 is 1.56 bits per heavy atom. The second-order valence-electron chi connectivity index (χ2n) is 6.30. The Bertz CT molecular complexity index is 753. The fraction of sp³-hybridized carbons (Fsp3) is 0.300. The first-order chi connectivity index (χ1) is 12.8. The van der Waals surface area contributed by atoms with Gasteiger partial charge in [-0.1, -0.05) is 12.1 Å². The fourth-order valence-corrected chi connectivity index (χ4v) is 2.67. The summed E-state index contributed by atoms with van der Waals surface area (Å²) in [5.41, 5.74) is 16.6. The van der Waals surface area contributed by atoms with Crippen LogP contribution < -0.4 is 22.1 Å². The van der Waals surface area contributed by atoms with E-state index in [1.54, 1.807) is 12.1 Å². The maximum Gasteiger partial charge on any atom is 0.221 e. The fourth-order valence-electron chi connectivity index (χ4n) is 2.67. The minimum atomic E-state index is -0.130. The van der Waals surface area contributed by atoms with Gasteiger partial charge in [-0.15, -0.1) is 0 Å². The predicted molar refractivity (Wildman–Crippen MR) is 109 cm³/mol. The third kappa shape index (κ3) is 6.63. The number of benzene rings is 2. The van der Waals surface area contributed by atoms with Crippen LogP contribution in [-0.4, -0.2) is 25.0 Å². The molecular weight excluding hydrogens is 344 g/mol. The molecule has 0 atom stereocenters. The molecule has 0 spiro atoms. The third-order valence-electron chi connectivity index (χ3n) is 3.96. The Labute approximate surface area is 159 Å². The molecule has 27 heavy (non-hydrogen) atoms. The van der Waals surface area contributed by atoms with E-state index >= 15 is 0 Å². The lowest BCUT2D eigenvalue weighted by atomic mass is 10.1. The molecule has 0 aliphatic rings. The van der Waals surface area contributed by atoms with Crippen LogP contribution in [0.5, 0.6) is 0 Å². The SMILES string of the molecule is CC(=O)Nc1ccc(CCOCCc2ccc(NC(C)=O)cc2N)c(N)c1. The van der Waals surface area contributed by atoms with Crippen LogP contribution in [-0.2, 0) is 27.2 Å². The molecule has 6 N–H and O–H groups in total. The third-order valence-corrected chi connectivity index (χ3v) is 3.96. The minimum Gasteiger partial charge on any atom is -0.398 e. The zero-order valence-electron chi connectivity index (χ0n) is 15.7. The van der Waals surface area contributed by atoms with Crippen LogP contribution >= 0.6 is 0 Å². The second-order valence-corrected chi connectivity index (χ2v) is 6.30. The highest BCUT2D eigenvalue weighted by molar-refractivity contribution is 5.89. The number of carbonyl (C=O) groups excluding carboxylic acids is 2. The zero-order valence-corrected chi connectivity index (χ0v) is 15.7. The molecule has 0 heterocycles. The molecule has 0 saturated heterocycles. The Morgan fingerprint density at radius 1 is 0.815 bits per heavy atom. The number of nitrogen functional groups attached to an aromatic ring is 2. The Balaban J connectivity index is 1.77. The van der Waals surface area contributed by atoms with Crippen molar-refractivity contribution < 1.29 is 14.3 Å². The molecule has 0 unspecified atom stereocenters. The van der Waals surface area contributed by atoms with Crippen LogP contribution in [0.15, 0.2) is 36.4 Å². The van der Waals surface area contributed by atoms with Crippen molar-refractivity contribution in [3.05, 3.63) is 47.5 Å². The van der Waals surface area contributed by atoms with Crippen molar-refractivity contribution >= 4 is 34.6 Å². The number of anilines is 4. The average Bonchev–Trinajstić information content (AvgIpc) is 2.57. The normalized spacial score (nSPS) is 10.4. The highest BCUT2D eigenvalue weighted by Gasteiger charge is 2.05. The molecule has 0 aliphatic heterocycles. The lowest BCUT2D eigenvalue weighted by Gasteiger charge is -2.11. The summed E-state index contributed by atoms with van der Waals surface area (Å²) in [5.74, 6) is -0.260. The summed E-state index contributed by atoms with van der Waals surface area (Å²) in [7, 11) is 0. The number of hydrogen-bond donors (Lipinski definition) is 4. The molecule has 0 radical (unpaired) electrons. The van der Waals surface area contributed by atoms with Gasteiger partial charge in [0.25, 0.3) is 0 Å². The average molecular weight is 370 g/mol. The standard InChI is InChI=1S/C20H26N4O3/c1-13(25)23-17-5-3-15(19(21)11-17)7-9-27-10-8-16-4-6-18(12-20(16)22)24-14(2)26/h3-6,11-12H,7-10,21-22H2,1-2H3,(H,23,25)(H,24,26). The summed E-state index contributed by atoms with van der Waals surface area (Å²) in [4.78, 5) is 22.1. The molecule has 0 bridgehead atoms. The summed E-state index contributed by atoms with van der Waals surface area (Å²) < 4.78 is 5.69. The Hall–Kier alpha value is -3.06. The van der Waals surface area contributed by atoms with E-state index in [1.807, 2.05) is 24.3 Å². The highest BCUT2D eigenvalue weighted by atomic mass is 16.5. The second kappa shape index (κ2) is 9.59. The van der Waals surface area contributed by atoms with Gasteiger partial charge in [0, 0.05) is 36.6 Å². The molecule has 2 aromatic carbocycles. The van der Waals surface area contributed by atoms with Crippen molar-refractivity contribution in [1.82, 2.24) is 0 Å². The zero-order chi connectivity index (χ0) is 19.8. The highest BCUT2D eigenvalue weighted by Crippen LogP contribution is 2.20. The topological polar surface area (TPSA) is 119 Å². The van der Waals surface area contributed by atoms with Gasteiger partial charge in [0.1, 0.15) is 0 Å². The summed E-state index contributed by atoms with van der Waals surface area (Å²) in [5, 5.41) is 5.40. The number of rotatable bonds is 8. The lowest BCUT2D eigenvalue weighted by molar-refractivity contribution is -0.115. The predicted octanol–water partition coefficient (Wildman–Crippen LogP) is 2.57. The van der Waals surface area contributed by atoms with Crippen molar-refractivity contribution in [2.75, 3.05) is 35.3 Å². The van der Waals surface area contributed by atoms with Crippen LogP contribution in [0, 0.1) is 0 Å². The number of nitrogens with one attached hydrogen (secondary N) is 2. The summed E-state index contributed by atoms with van der Waals surface area (Å²) in [6.07, 6.45) is 1.37. The number of hydrogen-bond acceptors (Lipinski definition) is 5.